The smallest absolute Gasteiger partial charge is 0.425 e. The van der Waals surface area contributed by atoms with Gasteiger partial charge in [0.1, 0.15) is 5.75 Å². The summed E-state index contributed by atoms with van der Waals surface area (Å²) in [7, 11) is 0. The Balaban J connectivity index is 0.000000858. The summed E-state index contributed by atoms with van der Waals surface area (Å²) in [4.78, 5) is 19.0. The topological polar surface area (TPSA) is 103 Å². The van der Waals surface area contributed by atoms with E-state index in [1.54, 1.807) is 30.9 Å². The maximum absolute atomic E-state index is 13.1. The van der Waals surface area contributed by atoms with E-state index in [2.05, 4.69) is 10.1 Å². The van der Waals surface area contributed by atoms with Gasteiger partial charge in [-0.3, -0.25) is 4.79 Å². The third-order valence-corrected chi connectivity index (χ3v) is 5.54. The molecular formula is C19H20F3N3O5S. The summed E-state index contributed by atoms with van der Waals surface area (Å²) in [6.45, 7) is 5.33. The van der Waals surface area contributed by atoms with Gasteiger partial charge in [-0.25, -0.2) is 0 Å². The van der Waals surface area contributed by atoms with Crippen molar-refractivity contribution in [2.75, 3.05) is 13.1 Å². The van der Waals surface area contributed by atoms with E-state index in [-0.39, 0.29) is 28.6 Å². The summed E-state index contributed by atoms with van der Waals surface area (Å²) >= 11 is -0.750. The number of piperidine rings is 1. The van der Waals surface area contributed by atoms with Gasteiger partial charge in [0.2, 0.25) is 5.89 Å². The Hall–Kier alpha value is -2.76. The van der Waals surface area contributed by atoms with Gasteiger partial charge < -0.3 is 14.2 Å². The fraction of sp³-hybridized carbons (Fsp3) is 0.526. The Bertz CT molecular complexity index is 1020. The average molecular weight is 459 g/mol. The number of carbonyl (C=O) groups excluding carboxylic acids is 1. The summed E-state index contributed by atoms with van der Waals surface area (Å²) in [6, 6.07) is 4.61. The molecule has 1 aromatic carbocycles. The average Bonchev–Trinajstić information content (AvgIpc) is 3.02. The SMILES string of the molecule is Cc1ccc(O[C@@H](C)C(F)(F)F)c(C(=O)N2CC3CC3(c3noc(C)n3)C2)c1.O=S=O. The monoisotopic (exact) mass is 459 g/mol. The molecule has 0 spiro atoms. The molecular weight excluding hydrogens is 439 g/mol. The molecule has 2 unspecified atom stereocenters. The number of benzene rings is 1. The second kappa shape index (κ2) is 8.40. The van der Waals surface area contributed by atoms with Crippen LogP contribution in [0.5, 0.6) is 5.75 Å². The normalized spacial score (nSPS) is 22.8. The molecule has 1 aliphatic carbocycles. The van der Waals surface area contributed by atoms with Crippen LogP contribution in [0.4, 0.5) is 13.2 Å². The van der Waals surface area contributed by atoms with Crippen LogP contribution in [0.25, 0.3) is 0 Å². The molecule has 12 heteroatoms. The fourth-order valence-electron chi connectivity index (χ4n) is 3.83. The molecule has 2 aliphatic rings. The van der Waals surface area contributed by atoms with Gasteiger partial charge in [-0.2, -0.15) is 26.6 Å². The lowest BCUT2D eigenvalue weighted by Crippen LogP contribution is -2.35. The van der Waals surface area contributed by atoms with Gasteiger partial charge in [0.15, 0.2) is 11.9 Å². The van der Waals surface area contributed by atoms with Crippen LogP contribution in [0.15, 0.2) is 22.7 Å². The molecule has 168 valence electrons. The molecule has 0 N–H and O–H groups in total. The van der Waals surface area contributed by atoms with Crippen molar-refractivity contribution < 1.29 is 35.6 Å². The number of ether oxygens (including phenoxy) is 1. The Labute approximate surface area is 179 Å². The van der Waals surface area contributed by atoms with Crippen LogP contribution in [0.2, 0.25) is 0 Å². The van der Waals surface area contributed by atoms with Crippen molar-refractivity contribution in [3.05, 3.63) is 41.0 Å². The molecule has 0 bridgehead atoms. The van der Waals surface area contributed by atoms with E-state index in [0.29, 0.717) is 24.8 Å². The predicted octanol–water partition coefficient (Wildman–Crippen LogP) is 2.76. The van der Waals surface area contributed by atoms with Gasteiger partial charge in [0.25, 0.3) is 5.91 Å². The number of likely N-dealkylation sites (tertiary alicyclic amines) is 1. The van der Waals surface area contributed by atoms with Crippen molar-refractivity contribution >= 4 is 17.5 Å². The summed E-state index contributed by atoms with van der Waals surface area (Å²) in [5.41, 5.74) is 0.595. The first kappa shape index (κ1) is 22.9. The van der Waals surface area contributed by atoms with Crippen molar-refractivity contribution in [2.24, 2.45) is 5.92 Å². The molecule has 2 fully saturated rings. The molecule has 2 heterocycles. The molecule has 31 heavy (non-hydrogen) atoms. The maximum atomic E-state index is 13.1. The van der Waals surface area contributed by atoms with Crippen molar-refractivity contribution in [3.63, 3.8) is 0 Å². The van der Waals surface area contributed by atoms with E-state index in [1.807, 2.05) is 0 Å². The minimum absolute atomic E-state index is 0.0644. The van der Waals surface area contributed by atoms with Crippen molar-refractivity contribution in [1.82, 2.24) is 15.0 Å². The third kappa shape index (κ3) is 4.63. The number of nitrogens with zero attached hydrogens (tertiary/aromatic N) is 3. The lowest BCUT2D eigenvalue weighted by molar-refractivity contribution is -0.189. The Kier molecular flexibility index (Phi) is 6.21. The lowest BCUT2D eigenvalue weighted by atomic mass is 10.1. The summed E-state index contributed by atoms with van der Waals surface area (Å²) < 4.78 is 65.4. The number of hydrogen-bond acceptors (Lipinski definition) is 7. The molecule has 1 aliphatic heterocycles. The van der Waals surface area contributed by atoms with Gasteiger partial charge in [0, 0.05) is 20.0 Å². The fourth-order valence-corrected chi connectivity index (χ4v) is 3.83. The van der Waals surface area contributed by atoms with Crippen LogP contribution in [0.3, 0.4) is 0 Å². The first-order chi connectivity index (χ1) is 14.5. The van der Waals surface area contributed by atoms with E-state index in [9.17, 15) is 18.0 Å². The summed E-state index contributed by atoms with van der Waals surface area (Å²) in [6.07, 6.45) is -5.65. The van der Waals surface area contributed by atoms with Gasteiger partial charge in [-0.15, -0.1) is 0 Å². The Morgan fingerprint density at radius 2 is 2.03 bits per heavy atom. The van der Waals surface area contributed by atoms with Crippen LogP contribution in [-0.2, 0) is 17.0 Å². The molecule has 1 amide bonds. The second-order valence-corrected chi connectivity index (χ2v) is 7.89. The standard InChI is InChI=1S/C19H20F3N3O3.O2S/c1-10-4-5-15(27-11(2)19(20,21)22)14(6-10)16(26)25-8-13-7-18(13,9-25)17-23-12(3)28-24-17;1-3-2/h4-6,11,13H,7-9H2,1-3H3;/t11-,13?,18?;/m0./s1. The number of aryl methyl sites for hydroxylation is 2. The highest BCUT2D eigenvalue weighted by atomic mass is 32.1. The summed E-state index contributed by atoms with van der Waals surface area (Å²) in [5, 5.41) is 4.00. The number of halogens is 3. The maximum Gasteiger partial charge on any atom is 0.425 e. The molecule has 1 saturated heterocycles. The van der Waals surface area contributed by atoms with E-state index in [1.165, 1.54) is 6.07 Å². The van der Waals surface area contributed by atoms with Crippen LogP contribution >= 0.6 is 0 Å². The van der Waals surface area contributed by atoms with Crippen LogP contribution in [-0.4, -0.2) is 54.7 Å². The van der Waals surface area contributed by atoms with Crippen molar-refractivity contribution in [1.29, 1.82) is 0 Å². The largest absolute Gasteiger partial charge is 0.480 e. The number of amides is 1. The number of rotatable bonds is 4. The second-order valence-electron chi connectivity index (χ2n) is 7.75. The number of aromatic nitrogens is 2. The zero-order valence-electron chi connectivity index (χ0n) is 16.9. The van der Waals surface area contributed by atoms with Crippen LogP contribution < -0.4 is 4.74 Å². The minimum Gasteiger partial charge on any atom is -0.480 e. The zero-order valence-corrected chi connectivity index (χ0v) is 17.7. The minimum atomic E-state index is -4.51. The molecule has 3 atom stereocenters. The molecule has 4 rings (SSSR count). The first-order valence-electron chi connectivity index (χ1n) is 9.37. The Morgan fingerprint density at radius 1 is 1.35 bits per heavy atom. The molecule has 0 radical (unpaired) electrons. The van der Waals surface area contributed by atoms with Crippen molar-refractivity contribution in [3.8, 4) is 5.75 Å². The summed E-state index contributed by atoms with van der Waals surface area (Å²) in [5.74, 6) is 0.883. The lowest BCUT2D eigenvalue weighted by Gasteiger charge is -2.23. The number of fused-ring (bicyclic) bond motifs is 1. The number of carbonyl (C=O) groups is 1. The number of hydrogen-bond donors (Lipinski definition) is 0. The van der Waals surface area contributed by atoms with E-state index in [0.717, 1.165) is 18.9 Å². The molecule has 1 saturated carbocycles. The van der Waals surface area contributed by atoms with E-state index < -0.39 is 23.9 Å². The highest BCUT2D eigenvalue weighted by molar-refractivity contribution is 7.51. The quantitative estimate of drug-likeness (QED) is 0.693. The van der Waals surface area contributed by atoms with Gasteiger partial charge in [-0.1, -0.05) is 16.8 Å². The highest BCUT2D eigenvalue weighted by Crippen LogP contribution is 2.58. The molecule has 2 aromatic rings. The van der Waals surface area contributed by atoms with E-state index in [4.69, 9.17) is 17.7 Å². The first-order valence-corrected chi connectivity index (χ1v) is 10.0. The van der Waals surface area contributed by atoms with E-state index >= 15 is 0 Å². The van der Waals surface area contributed by atoms with Crippen LogP contribution in [0, 0.1) is 19.8 Å². The van der Waals surface area contributed by atoms with Gasteiger partial charge in [-0.05, 0) is 38.3 Å². The van der Waals surface area contributed by atoms with Gasteiger partial charge in [0.05, 0.1) is 11.0 Å². The van der Waals surface area contributed by atoms with Crippen LogP contribution in [0.1, 0.15) is 41.0 Å². The predicted molar refractivity (Wildman–Crippen MR) is 101 cm³/mol. The van der Waals surface area contributed by atoms with Gasteiger partial charge >= 0.3 is 17.7 Å². The third-order valence-electron chi connectivity index (χ3n) is 5.54. The Morgan fingerprint density at radius 3 is 2.61 bits per heavy atom. The highest BCUT2D eigenvalue weighted by Gasteiger charge is 2.64. The number of alkyl halides is 3. The molecule has 1 aromatic heterocycles. The van der Waals surface area contributed by atoms with Crippen molar-refractivity contribution in [2.45, 2.75) is 44.9 Å². The zero-order chi connectivity index (χ0) is 23.0. The molecule has 8 nitrogen and oxygen atoms in total.